The van der Waals surface area contributed by atoms with Crippen LogP contribution in [0.2, 0.25) is 0 Å². The van der Waals surface area contributed by atoms with Crippen molar-refractivity contribution in [3.05, 3.63) is 54.4 Å². The van der Waals surface area contributed by atoms with Crippen LogP contribution in [0.5, 0.6) is 0 Å². The maximum absolute atomic E-state index is 12.7. The molecule has 0 aliphatic carbocycles. The molecule has 1 N–H and O–H groups in total. The van der Waals surface area contributed by atoms with Gasteiger partial charge in [0.1, 0.15) is 5.60 Å². The molecule has 1 aromatic heterocycles. The SMILES string of the molecule is CC(C)(C)OC(=O)N1CCC(n2cc(C(=O)Nc3cccc4ccccc34)nn2)CC1. The Labute approximate surface area is 181 Å². The topological polar surface area (TPSA) is 89.4 Å². The van der Waals surface area contributed by atoms with E-state index in [1.54, 1.807) is 15.8 Å². The van der Waals surface area contributed by atoms with Crippen molar-refractivity contribution in [2.45, 2.75) is 45.3 Å². The van der Waals surface area contributed by atoms with Gasteiger partial charge in [0.2, 0.25) is 0 Å². The van der Waals surface area contributed by atoms with Gasteiger partial charge in [0.05, 0.1) is 12.2 Å². The Kier molecular flexibility index (Phi) is 5.63. The quantitative estimate of drug-likeness (QED) is 0.683. The fraction of sp³-hybridized carbons (Fsp3) is 0.391. The molecule has 0 spiro atoms. The number of rotatable bonds is 3. The first kappa shape index (κ1) is 20.8. The van der Waals surface area contributed by atoms with E-state index in [9.17, 15) is 9.59 Å². The predicted octanol–water partition coefficient (Wildman–Crippen LogP) is 4.26. The number of hydrogen-bond acceptors (Lipinski definition) is 5. The van der Waals surface area contributed by atoms with Crippen LogP contribution in [0, 0.1) is 0 Å². The lowest BCUT2D eigenvalue weighted by Crippen LogP contribution is -2.42. The molecule has 162 valence electrons. The van der Waals surface area contributed by atoms with Crippen LogP contribution < -0.4 is 5.32 Å². The molecule has 0 saturated carbocycles. The molecule has 2 amide bonds. The Bertz CT molecular complexity index is 1090. The van der Waals surface area contributed by atoms with Crippen molar-refractivity contribution in [2.24, 2.45) is 0 Å². The number of piperidine rings is 1. The van der Waals surface area contributed by atoms with Gasteiger partial charge in [0, 0.05) is 24.2 Å². The molecule has 0 bridgehead atoms. The first-order chi connectivity index (χ1) is 14.8. The zero-order chi connectivity index (χ0) is 22.0. The van der Waals surface area contributed by atoms with E-state index in [2.05, 4.69) is 15.6 Å². The van der Waals surface area contributed by atoms with E-state index in [4.69, 9.17) is 4.74 Å². The zero-order valence-corrected chi connectivity index (χ0v) is 18.0. The molecule has 1 fully saturated rings. The number of carbonyl (C=O) groups excluding carboxylic acids is 2. The fourth-order valence-electron chi connectivity index (χ4n) is 3.72. The van der Waals surface area contributed by atoms with Crippen molar-refractivity contribution in [3.63, 3.8) is 0 Å². The third-order valence-corrected chi connectivity index (χ3v) is 5.27. The number of aromatic nitrogens is 3. The third kappa shape index (κ3) is 4.84. The highest BCUT2D eigenvalue weighted by Crippen LogP contribution is 2.25. The van der Waals surface area contributed by atoms with Crippen molar-refractivity contribution < 1.29 is 14.3 Å². The number of benzene rings is 2. The maximum Gasteiger partial charge on any atom is 0.410 e. The van der Waals surface area contributed by atoms with Crippen LogP contribution in [-0.4, -0.2) is 50.6 Å². The van der Waals surface area contributed by atoms with Crippen molar-refractivity contribution in [3.8, 4) is 0 Å². The second kappa shape index (κ2) is 8.37. The Hall–Kier alpha value is -3.42. The van der Waals surface area contributed by atoms with Crippen LogP contribution in [0.1, 0.15) is 50.1 Å². The lowest BCUT2D eigenvalue weighted by molar-refractivity contribution is 0.0184. The van der Waals surface area contributed by atoms with Crippen LogP contribution in [0.25, 0.3) is 10.8 Å². The number of amides is 2. The molecule has 2 heterocycles. The van der Waals surface area contributed by atoms with Crippen LogP contribution in [0.3, 0.4) is 0 Å². The molecule has 1 aliphatic heterocycles. The predicted molar refractivity (Wildman–Crippen MR) is 118 cm³/mol. The van der Waals surface area contributed by atoms with Crippen LogP contribution in [0.15, 0.2) is 48.7 Å². The van der Waals surface area contributed by atoms with Gasteiger partial charge in [-0.05, 0) is 45.1 Å². The van der Waals surface area contributed by atoms with E-state index in [1.165, 1.54) is 0 Å². The second-order valence-corrected chi connectivity index (χ2v) is 8.76. The molecule has 3 aromatic rings. The number of carbonyl (C=O) groups is 2. The number of ether oxygens (including phenoxy) is 1. The minimum absolute atomic E-state index is 0.0882. The largest absolute Gasteiger partial charge is 0.444 e. The van der Waals surface area contributed by atoms with Crippen molar-refractivity contribution in [1.29, 1.82) is 0 Å². The standard InChI is InChI=1S/C23H27N5O3/c1-23(2,3)31-22(30)27-13-11-17(12-14-27)28-15-20(25-26-28)21(29)24-19-10-6-8-16-7-4-5-9-18(16)19/h4-10,15,17H,11-14H2,1-3H3,(H,24,29). The molecule has 0 unspecified atom stereocenters. The summed E-state index contributed by atoms with van der Waals surface area (Å²) in [5.41, 5.74) is 0.498. The van der Waals surface area contributed by atoms with Gasteiger partial charge in [0.15, 0.2) is 5.69 Å². The van der Waals surface area contributed by atoms with Gasteiger partial charge in [-0.1, -0.05) is 41.6 Å². The monoisotopic (exact) mass is 421 g/mol. The van der Waals surface area contributed by atoms with Crippen molar-refractivity contribution in [1.82, 2.24) is 19.9 Å². The summed E-state index contributed by atoms with van der Waals surface area (Å²) in [5.74, 6) is -0.297. The van der Waals surface area contributed by atoms with Crippen LogP contribution in [0.4, 0.5) is 10.5 Å². The minimum Gasteiger partial charge on any atom is -0.444 e. The summed E-state index contributed by atoms with van der Waals surface area (Å²) in [5, 5.41) is 13.2. The molecular formula is C23H27N5O3. The summed E-state index contributed by atoms with van der Waals surface area (Å²) < 4.78 is 7.17. The van der Waals surface area contributed by atoms with Gasteiger partial charge in [-0.2, -0.15) is 0 Å². The van der Waals surface area contributed by atoms with Gasteiger partial charge < -0.3 is 15.0 Å². The van der Waals surface area contributed by atoms with Crippen molar-refractivity contribution in [2.75, 3.05) is 18.4 Å². The average molecular weight is 422 g/mol. The number of likely N-dealkylation sites (tertiary alicyclic amines) is 1. The summed E-state index contributed by atoms with van der Waals surface area (Å²) in [6.07, 6.45) is 2.84. The smallest absolute Gasteiger partial charge is 0.410 e. The number of fused-ring (bicyclic) bond motifs is 1. The Morgan fingerprint density at radius 1 is 1.06 bits per heavy atom. The molecule has 4 rings (SSSR count). The fourth-order valence-corrected chi connectivity index (χ4v) is 3.72. The van der Waals surface area contributed by atoms with E-state index in [0.717, 1.165) is 29.3 Å². The summed E-state index contributed by atoms with van der Waals surface area (Å²) in [6.45, 7) is 6.74. The second-order valence-electron chi connectivity index (χ2n) is 8.76. The Morgan fingerprint density at radius 3 is 2.52 bits per heavy atom. The molecule has 0 radical (unpaired) electrons. The molecule has 0 atom stereocenters. The highest BCUT2D eigenvalue weighted by atomic mass is 16.6. The molecular weight excluding hydrogens is 394 g/mol. The first-order valence-corrected chi connectivity index (χ1v) is 10.5. The first-order valence-electron chi connectivity index (χ1n) is 10.5. The van der Waals surface area contributed by atoms with Gasteiger partial charge in [0.25, 0.3) is 5.91 Å². The van der Waals surface area contributed by atoms with E-state index in [0.29, 0.717) is 13.1 Å². The van der Waals surface area contributed by atoms with Gasteiger partial charge in [-0.15, -0.1) is 5.10 Å². The van der Waals surface area contributed by atoms with E-state index in [1.807, 2.05) is 63.2 Å². The third-order valence-electron chi connectivity index (χ3n) is 5.27. The van der Waals surface area contributed by atoms with Gasteiger partial charge in [-0.3, -0.25) is 4.79 Å². The Morgan fingerprint density at radius 2 is 1.77 bits per heavy atom. The number of nitrogens with one attached hydrogen (secondary N) is 1. The van der Waals surface area contributed by atoms with E-state index in [-0.39, 0.29) is 23.7 Å². The highest BCUT2D eigenvalue weighted by Gasteiger charge is 2.28. The molecule has 2 aromatic carbocycles. The zero-order valence-electron chi connectivity index (χ0n) is 18.0. The summed E-state index contributed by atoms with van der Waals surface area (Å²) in [7, 11) is 0. The van der Waals surface area contributed by atoms with E-state index >= 15 is 0 Å². The molecule has 8 heteroatoms. The molecule has 8 nitrogen and oxygen atoms in total. The number of hydrogen-bond donors (Lipinski definition) is 1. The number of nitrogens with zero attached hydrogens (tertiary/aromatic N) is 4. The van der Waals surface area contributed by atoms with Gasteiger partial charge in [-0.25, -0.2) is 9.48 Å². The van der Waals surface area contributed by atoms with Gasteiger partial charge >= 0.3 is 6.09 Å². The lowest BCUT2D eigenvalue weighted by Gasteiger charge is -2.33. The van der Waals surface area contributed by atoms with Crippen LogP contribution in [-0.2, 0) is 4.74 Å². The molecule has 1 aliphatic rings. The highest BCUT2D eigenvalue weighted by molar-refractivity contribution is 6.08. The van der Waals surface area contributed by atoms with E-state index < -0.39 is 5.60 Å². The maximum atomic E-state index is 12.7. The normalized spacial score (nSPS) is 15.1. The molecule has 1 saturated heterocycles. The lowest BCUT2D eigenvalue weighted by atomic mass is 10.1. The average Bonchev–Trinajstić information content (AvgIpc) is 3.23. The van der Waals surface area contributed by atoms with Crippen LogP contribution >= 0.6 is 0 Å². The summed E-state index contributed by atoms with van der Waals surface area (Å²) in [4.78, 5) is 26.7. The molecule has 31 heavy (non-hydrogen) atoms. The summed E-state index contributed by atoms with van der Waals surface area (Å²) in [6, 6.07) is 13.8. The number of anilines is 1. The summed E-state index contributed by atoms with van der Waals surface area (Å²) >= 11 is 0. The van der Waals surface area contributed by atoms with Crippen molar-refractivity contribution >= 4 is 28.5 Å². The minimum atomic E-state index is -0.508. The Balaban J connectivity index is 1.38.